The molecule has 0 saturated carbocycles. The summed E-state index contributed by atoms with van der Waals surface area (Å²) in [7, 11) is 0. The maximum Gasteiger partial charge on any atom is 0.422 e. The van der Waals surface area contributed by atoms with Crippen LogP contribution in [0.3, 0.4) is 0 Å². The molecule has 1 aliphatic carbocycles. The summed E-state index contributed by atoms with van der Waals surface area (Å²) >= 11 is 7.30. The molecule has 1 aromatic rings. The largest absolute Gasteiger partial charge is 0.422 e. The summed E-state index contributed by atoms with van der Waals surface area (Å²) in [6.45, 7) is 1.38. The van der Waals surface area contributed by atoms with Crippen LogP contribution >= 0.6 is 23.4 Å². The fraction of sp³-hybridized carbons (Fsp3) is 0.333. The van der Waals surface area contributed by atoms with Gasteiger partial charge in [0.15, 0.2) is 0 Å². The molecule has 1 amide bonds. The number of halogens is 4. The first-order valence-electron chi connectivity index (χ1n) is 8.42. The predicted octanol–water partition coefficient (Wildman–Crippen LogP) is 4.13. The molecule has 3 rings (SSSR count). The Balaban J connectivity index is 1.78. The van der Waals surface area contributed by atoms with E-state index in [1.54, 1.807) is 24.3 Å². The van der Waals surface area contributed by atoms with Crippen molar-refractivity contribution in [2.45, 2.75) is 31.1 Å². The Morgan fingerprint density at radius 1 is 1.45 bits per heavy atom. The van der Waals surface area contributed by atoms with Crippen molar-refractivity contribution < 1.29 is 22.9 Å². The molecule has 2 aliphatic rings. The zero-order valence-electron chi connectivity index (χ0n) is 15.0. The summed E-state index contributed by atoms with van der Waals surface area (Å²) in [6, 6.07) is 6.17. The van der Waals surface area contributed by atoms with Gasteiger partial charge in [-0.05, 0) is 37.6 Å². The number of hydrogen-bond acceptors (Lipinski definition) is 5. The lowest BCUT2D eigenvalue weighted by Gasteiger charge is -2.31. The van der Waals surface area contributed by atoms with Gasteiger partial charge in [-0.2, -0.15) is 13.2 Å². The predicted molar refractivity (Wildman–Crippen MR) is 105 cm³/mol. The van der Waals surface area contributed by atoms with Gasteiger partial charge in [-0.1, -0.05) is 23.7 Å². The van der Waals surface area contributed by atoms with Crippen molar-refractivity contribution in [3.63, 3.8) is 0 Å². The number of alkyl halides is 3. The van der Waals surface area contributed by atoms with E-state index in [4.69, 9.17) is 11.6 Å². The molecule has 1 aromatic carbocycles. The normalized spacial score (nSPS) is 24.4. The highest BCUT2D eigenvalue weighted by molar-refractivity contribution is 8.14. The standard InChI is InChI=1S/C18H15ClF3N3O3S/c1-17(6-5-14(25(27)28)12(8-17)18(20,21)22)24-15(26)13-9-29-16(23-13)10-3-2-4-11(19)7-10/h2-5,7-8,13H,6,9H2,1H3,(H,24,26). The van der Waals surface area contributed by atoms with Crippen molar-refractivity contribution in [2.75, 3.05) is 5.75 Å². The van der Waals surface area contributed by atoms with E-state index in [0.717, 1.165) is 11.6 Å². The molecule has 1 heterocycles. The van der Waals surface area contributed by atoms with E-state index in [0.29, 0.717) is 21.9 Å². The zero-order valence-corrected chi connectivity index (χ0v) is 16.6. The minimum Gasteiger partial charge on any atom is -0.345 e. The number of thioether (sulfide) groups is 1. The van der Waals surface area contributed by atoms with Crippen LogP contribution in [-0.4, -0.2) is 39.4 Å². The van der Waals surface area contributed by atoms with Crippen molar-refractivity contribution in [2.24, 2.45) is 4.99 Å². The molecule has 2 unspecified atom stereocenters. The second kappa shape index (κ2) is 7.83. The molecule has 154 valence electrons. The van der Waals surface area contributed by atoms with Crippen molar-refractivity contribution in [1.82, 2.24) is 5.32 Å². The molecule has 2 atom stereocenters. The van der Waals surface area contributed by atoms with E-state index in [2.05, 4.69) is 10.3 Å². The summed E-state index contributed by atoms with van der Waals surface area (Å²) < 4.78 is 39.7. The number of allylic oxidation sites excluding steroid dienone is 1. The number of hydrogen-bond donors (Lipinski definition) is 1. The molecule has 11 heteroatoms. The topological polar surface area (TPSA) is 84.6 Å². The Hall–Kier alpha value is -2.33. The average molecular weight is 446 g/mol. The smallest absolute Gasteiger partial charge is 0.345 e. The van der Waals surface area contributed by atoms with Crippen LogP contribution in [0, 0.1) is 10.1 Å². The third kappa shape index (κ3) is 4.81. The molecule has 0 saturated heterocycles. The second-order valence-corrected chi connectivity index (χ2v) is 8.23. The van der Waals surface area contributed by atoms with Gasteiger partial charge in [-0.15, -0.1) is 11.8 Å². The van der Waals surface area contributed by atoms with Gasteiger partial charge >= 0.3 is 6.18 Å². The molecule has 1 aliphatic heterocycles. The van der Waals surface area contributed by atoms with Crippen LogP contribution in [-0.2, 0) is 4.79 Å². The van der Waals surface area contributed by atoms with Gasteiger partial charge in [-0.3, -0.25) is 19.9 Å². The maximum atomic E-state index is 13.2. The summed E-state index contributed by atoms with van der Waals surface area (Å²) in [6.07, 6.45) is -3.47. The molecule has 0 radical (unpaired) electrons. The van der Waals surface area contributed by atoms with E-state index < -0.39 is 39.9 Å². The van der Waals surface area contributed by atoms with Crippen molar-refractivity contribution in [3.8, 4) is 0 Å². The molecular formula is C18H15ClF3N3O3S. The minimum atomic E-state index is -4.91. The molecule has 1 N–H and O–H groups in total. The molecule has 0 aromatic heterocycles. The maximum absolute atomic E-state index is 13.2. The van der Waals surface area contributed by atoms with Crippen molar-refractivity contribution in [3.05, 3.63) is 68.4 Å². The number of nitro groups is 1. The van der Waals surface area contributed by atoms with Crippen LogP contribution in [0.5, 0.6) is 0 Å². The van der Waals surface area contributed by atoms with Crippen molar-refractivity contribution >= 4 is 34.3 Å². The first-order chi connectivity index (χ1) is 13.5. The number of amides is 1. The van der Waals surface area contributed by atoms with Crippen LogP contribution in [0.2, 0.25) is 5.02 Å². The molecule has 0 bridgehead atoms. The zero-order chi connectivity index (χ0) is 21.4. The Morgan fingerprint density at radius 3 is 2.79 bits per heavy atom. The lowest BCUT2D eigenvalue weighted by molar-refractivity contribution is -0.424. The highest BCUT2D eigenvalue weighted by Crippen LogP contribution is 2.37. The van der Waals surface area contributed by atoms with Gasteiger partial charge in [0, 0.05) is 16.3 Å². The molecule has 29 heavy (non-hydrogen) atoms. The SMILES string of the molecule is CC1(NC(=O)C2CSC(c3cccc(Cl)c3)=N2)C=C(C(F)(F)F)C([N+](=O)[O-])=CC1. The third-order valence-electron chi connectivity index (χ3n) is 4.39. The number of rotatable bonds is 4. The van der Waals surface area contributed by atoms with Crippen LogP contribution in [0.25, 0.3) is 0 Å². The quantitative estimate of drug-likeness (QED) is 0.558. The third-order valence-corrected chi connectivity index (χ3v) is 5.73. The van der Waals surface area contributed by atoms with Crippen LogP contribution in [0.4, 0.5) is 13.2 Å². The van der Waals surface area contributed by atoms with Gasteiger partial charge < -0.3 is 5.32 Å². The molecule has 0 fully saturated rings. The summed E-state index contributed by atoms with van der Waals surface area (Å²) in [5.41, 5.74) is -3.05. The second-order valence-electron chi connectivity index (χ2n) is 6.78. The monoisotopic (exact) mass is 445 g/mol. The number of nitrogens with one attached hydrogen (secondary N) is 1. The summed E-state index contributed by atoms with van der Waals surface area (Å²) in [4.78, 5) is 26.8. The van der Waals surface area contributed by atoms with E-state index in [1.807, 2.05) is 0 Å². The average Bonchev–Trinajstić information content (AvgIpc) is 3.10. The van der Waals surface area contributed by atoms with Gasteiger partial charge in [0.05, 0.1) is 15.5 Å². The van der Waals surface area contributed by atoms with Crippen LogP contribution in [0.1, 0.15) is 18.9 Å². The fourth-order valence-electron chi connectivity index (χ4n) is 3.01. The van der Waals surface area contributed by atoms with Crippen LogP contribution < -0.4 is 5.32 Å². The van der Waals surface area contributed by atoms with Gasteiger partial charge in [-0.25, -0.2) is 0 Å². The Kier molecular flexibility index (Phi) is 5.77. The minimum absolute atomic E-state index is 0.140. The number of benzene rings is 1. The first-order valence-corrected chi connectivity index (χ1v) is 9.78. The lowest BCUT2D eigenvalue weighted by Crippen LogP contribution is -2.50. The first kappa shape index (κ1) is 21.4. The number of carbonyl (C=O) groups excluding carboxylic acids is 1. The molecule has 6 nitrogen and oxygen atoms in total. The number of carbonyl (C=O) groups is 1. The van der Waals surface area contributed by atoms with Gasteiger partial charge in [0.2, 0.25) is 5.91 Å². The fourth-order valence-corrected chi connectivity index (χ4v) is 4.24. The lowest BCUT2D eigenvalue weighted by atomic mass is 9.87. The highest BCUT2D eigenvalue weighted by atomic mass is 35.5. The molecule has 0 spiro atoms. The number of aliphatic imine (C=N–C) groups is 1. The highest BCUT2D eigenvalue weighted by Gasteiger charge is 2.46. The van der Waals surface area contributed by atoms with Crippen LogP contribution in [0.15, 0.2) is 52.7 Å². The summed E-state index contributed by atoms with van der Waals surface area (Å²) in [5, 5.41) is 14.6. The van der Waals surface area contributed by atoms with E-state index in [9.17, 15) is 28.1 Å². The molecular weight excluding hydrogens is 431 g/mol. The van der Waals surface area contributed by atoms with E-state index in [1.165, 1.54) is 18.7 Å². The van der Waals surface area contributed by atoms with E-state index in [-0.39, 0.29) is 6.42 Å². The summed E-state index contributed by atoms with van der Waals surface area (Å²) in [5.74, 6) is -0.219. The van der Waals surface area contributed by atoms with Gasteiger partial charge in [0.1, 0.15) is 11.6 Å². The van der Waals surface area contributed by atoms with E-state index >= 15 is 0 Å². The Labute approximate surface area is 173 Å². The number of nitrogens with zero attached hydrogens (tertiary/aromatic N) is 2. The Bertz CT molecular complexity index is 961. The van der Waals surface area contributed by atoms with Gasteiger partial charge in [0.25, 0.3) is 5.70 Å². The van der Waals surface area contributed by atoms with Crippen molar-refractivity contribution in [1.29, 1.82) is 0 Å². The Morgan fingerprint density at radius 2 is 2.17 bits per heavy atom.